The van der Waals surface area contributed by atoms with Crippen molar-refractivity contribution in [2.45, 2.75) is 69.7 Å². The summed E-state index contributed by atoms with van der Waals surface area (Å²) in [4.78, 5) is 43.5. The fourth-order valence-corrected chi connectivity index (χ4v) is 7.28. The van der Waals surface area contributed by atoms with Crippen molar-refractivity contribution in [2.24, 2.45) is 17.8 Å². The van der Waals surface area contributed by atoms with Gasteiger partial charge in [-0.3, -0.25) is 14.4 Å². The molecule has 2 saturated heterocycles. The van der Waals surface area contributed by atoms with Gasteiger partial charge in [0.1, 0.15) is 11.6 Å². The zero-order chi connectivity index (χ0) is 28.0. The number of fused-ring (bicyclic) bond motifs is 1. The number of carbonyl (C=O) groups excluding carboxylic acids is 3. The number of aryl methyl sites for hydroxylation is 1. The van der Waals surface area contributed by atoms with Crippen LogP contribution < -0.4 is 10.6 Å². The maximum absolute atomic E-state index is 14.2. The summed E-state index contributed by atoms with van der Waals surface area (Å²) < 4.78 is 6.48. The fourth-order valence-electron chi connectivity index (χ4n) is 7.15. The number of likely N-dealkylation sites (tertiary alicyclic amines) is 1. The van der Waals surface area contributed by atoms with E-state index in [1.807, 2.05) is 67.6 Å². The van der Waals surface area contributed by atoms with E-state index in [0.717, 1.165) is 30.4 Å². The summed E-state index contributed by atoms with van der Waals surface area (Å²) in [7, 11) is 0. The van der Waals surface area contributed by atoms with Gasteiger partial charge in [-0.1, -0.05) is 67.8 Å². The Kier molecular flexibility index (Phi) is 7.21. The minimum absolute atomic E-state index is 0.0629. The topological polar surface area (TPSA) is 87.7 Å². The Balaban J connectivity index is 1.30. The van der Waals surface area contributed by atoms with E-state index in [1.54, 1.807) is 4.90 Å². The summed E-state index contributed by atoms with van der Waals surface area (Å²) in [5, 5.41) is 6.92. The molecule has 3 aliphatic heterocycles. The molecule has 5 unspecified atom stereocenters. The van der Waals surface area contributed by atoms with Crippen molar-refractivity contribution in [2.75, 3.05) is 11.9 Å². The molecule has 8 heteroatoms. The van der Waals surface area contributed by atoms with Crippen LogP contribution >= 0.6 is 11.6 Å². The predicted molar refractivity (Wildman–Crippen MR) is 154 cm³/mol. The molecule has 40 heavy (non-hydrogen) atoms. The number of hydrogen-bond acceptors (Lipinski definition) is 4. The second-order valence-electron chi connectivity index (χ2n) is 11.8. The Labute approximate surface area is 240 Å². The van der Waals surface area contributed by atoms with Crippen LogP contribution in [0, 0.1) is 24.7 Å². The second kappa shape index (κ2) is 10.7. The Hall–Kier alpha value is -3.16. The second-order valence-corrected chi connectivity index (χ2v) is 12.3. The quantitative estimate of drug-likeness (QED) is 0.481. The molecule has 1 saturated carbocycles. The fraction of sp³-hybridized carbons (Fsp3) is 0.469. The van der Waals surface area contributed by atoms with Crippen LogP contribution in [-0.4, -0.2) is 53.0 Å². The third-order valence-electron chi connectivity index (χ3n) is 9.20. The average Bonchev–Trinajstić information content (AvgIpc) is 3.57. The summed E-state index contributed by atoms with van der Waals surface area (Å²) in [6.07, 6.45) is 7.97. The van der Waals surface area contributed by atoms with Crippen molar-refractivity contribution in [1.82, 2.24) is 10.2 Å². The van der Waals surface area contributed by atoms with E-state index >= 15 is 0 Å². The van der Waals surface area contributed by atoms with Crippen LogP contribution in [0.25, 0.3) is 0 Å². The summed E-state index contributed by atoms with van der Waals surface area (Å²) in [5.74, 6) is -1.79. The number of nitrogens with one attached hydrogen (secondary N) is 2. The van der Waals surface area contributed by atoms with E-state index in [4.69, 9.17) is 16.3 Å². The summed E-state index contributed by atoms with van der Waals surface area (Å²) in [5.41, 5.74) is 1.55. The lowest BCUT2D eigenvalue weighted by molar-refractivity contribution is -0.141. The molecule has 2 aromatic carbocycles. The van der Waals surface area contributed by atoms with Crippen molar-refractivity contribution in [3.05, 3.63) is 76.8 Å². The first-order chi connectivity index (χ1) is 19.3. The van der Waals surface area contributed by atoms with Gasteiger partial charge in [0, 0.05) is 23.3 Å². The van der Waals surface area contributed by atoms with E-state index in [2.05, 4.69) is 17.6 Å². The van der Waals surface area contributed by atoms with Gasteiger partial charge in [-0.25, -0.2) is 0 Å². The SMILES string of the molecule is Cc1cccc(NC(=O)C2[C@@H]3C=CC4(O3)C(C(=O)NC3CCCCC3C)N(CCc3ccc(Cl)cc3)C(=O)[C@H]24)c1. The number of anilines is 1. The number of ether oxygens (including phenoxy) is 1. The van der Waals surface area contributed by atoms with Crippen LogP contribution in [0.4, 0.5) is 5.69 Å². The lowest BCUT2D eigenvalue weighted by atomic mass is 9.74. The van der Waals surface area contributed by atoms with Crippen LogP contribution in [-0.2, 0) is 25.5 Å². The summed E-state index contributed by atoms with van der Waals surface area (Å²) in [6, 6.07) is 14.3. The van der Waals surface area contributed by atoms with Crippen LogP contribution in [0.15, 0.2) is 60.7 Å². The largest absolute Gasteiger partial charge is 0.359 e. The molecule has 0 aromatic heterocycles. The van der Waals surface area contributed by atoms with Crippen molar-refractivity contribution in [1.29, 1.82) is 0 Å². The molecule has 3 amide bonds. The highest BCUT2D eigenvalue weighted by molar-refractivity contribution is 6.30. The lowest BCUT2D eigenvalue weighted by Crippen LogP contribution is -2.57. The number of carbonyl (C=O) groups is 3. The first-order valence-corrected chi connectivity index (χ1v) is 14.7. The maximum Gasteiger partial charge on any atom is 0.246 e. The van der Waals surface area contributed by atoms with Crippen molar-refractivity contribution in [3.63, 3.8) is 0 Å². The van der Waals surface area contributed by atoms with Gasteiger partial charge in [-0.15, -0.1) is 0 Å². The van der Waals surface area contributed by atoms with Crippen LogP contribution in [0.3, 0.4) is 0 Å². The van der Waals surface area contributed by atoms with Gasteiger partial charge in [0.25, 0.3) is 0 Å². The third-order valence-corrected chi connectivity index (χ3v) is 9.46. The zero-order valence-electron chi connectivity index (χ0n) is 22.9. The molecule has 7 atom stereocenters. The average molecular weight is 562 g/mol. The Morgan fingerprint density at radius 2 is 1.88 bits per heavy atom. The standard InChI is InChI=1S/C32H36ClN3O4/c1-19-6-5-8-23(18-19)34-29(37)26-25-14-16-32(40-25)27(26)31(39)36(17-15-21-10-12-22(33)13-11-21)28(32)30(38)35-24-9-4-3-7-20(24)2/h5-6,8,10-14,16,18,20,24-28H,3-4,7,9,15,17H2,1-2H3,(H,34,37)(H,35,38)/t20?,24?,25-,26?,27-,28?,32?/m0/s1. The number of nitrogens with zero attached hydrogens (tertiary/aromatic N) is 1. The maximum atomic E-state index is 14.2. The number of amides is 3. The van der Waals surface area contributed by atoms with E-state index < -0.39 is 29.6 Å². The minimum atomic E-state index is -1.17. The van der Waals surface area contributed by atoms with Gasteiger partial charge < -0.3 is 20.3 Å². The van der Waals surface area contributed by atoms with Gasteiger partial charge in [-0.2, -0.15) is 0 Å². The van der Waals surface area contributed by atoms with E-state index in [1.165, 1.54) is 6.42 Å². The molecule has 6 rings (SSSR count). The predicted octanol–water partition coefficient (Wildman–Crippen LogP) is 4.68. The van der Waals surface area contributed by atoms with Crippen molar-refractivity contribution < 1.29 is 19.1 Å². The van der Waals surface area contributed by atoms with Crippen molar-refractivity contribution >= 4 is 35.0 Å². The first kappa shape index (κ1) is 27.0. The number of rotatable bonds is 7. The number of hydrogen-bond donors (Lipinski definition) is 2. The molecule has 3 heterocycles. The highest BCUT2D eigenvalue weighted by Gasteiger charge is 2.72. The molecule has 1 spiro atoms. The Morgan fingerprint density at radius 1 is 1.10 bits per heavy atom. The molecule has 4 aliphatic rings. The molecule has 0 radical (unpaired) electrons. The lowest BCUT2D eigenvalue weighted by Gasteiger charge is -2.36. The van der Waals surface area contributed by atoms with E-state index in [-0.39, 0.29) is 23.8 Å². The third kappa shape index (κ3) is 4.73. The summed E-state index contributed by atoms with van der Waals surface area (Å²) >= 11 is 6.07. The molecular weight excluding hydrogens is 526 g/mol. The molecule has 3 fully saturated rings. The monoisotopic (exact) mass is 561 g/mol. The molecule has 7 nitrogen and oxygen atoms in total. The normalized spacial score (nSPS) is 32.3. The molecule has 2 bridgehead atoms. The first-order valence-electron chi connectivity index (χ1n) is 14.4. The Morgan fingerprint density at radius 3 is 2.62 bits per heavy atom. The van der Waals surface area contributed by atoms with E-state index in [0.29, 0.717) is 29.6 Å². The van der Waals surface area contributed by atoms with Crippen LogP contribution in [0.5, 0.6) is 0 Å². The highest BCUT2D eigenvalue weighted by Crippen LogP contribution is 2.55. The smallest absolute Gasteiger partial charge is 0.246 e. The molecule has 2 N–H and O–H groups in total. The Bertz CT molecular complexity index is 1340. The van der Waals surface area contributed by atoms with Gasteiger partial charge in [0.05, 0.1) is 17.9 Å². The van der Waals surface area contributed by atoms with Gasteiger partial charge in [0.2, 0.25) is 17.7 Å². The summed E-state index contributed by atoms with van der Waals surface area (Å²) in [6.45, 7) is 4.47. The number of benzene rings is 2. The van der Waals surface area contributed by atoms with Gasteiger partial charge in [-0.05, 0) is 67.5 Å². The van der Waals surface area contributed by atoms with Gasteiger partial charge in [0.15, 0.2) is 0 Å². The molecule has 210 valence electrons. The van der Waals surface area contributed by atoms with E-state index in [9.17, 15) is 14.4 Å². The zero-order valence-corrected chi connectivity index (χ0v) is 23.7. The highest BCUT2D eigenvalue weighted by atomic mass is 35.5. The molecule has 1 aliphatic carbocycles. The molecular formula is C32H36ClN3O4. The minimum Gasteiger partial charge on any atom is -0.359 e. The number of halogens is 1. The van der Waals surface area contributed by atoms with Gasteiger partial charge >= 0.3 is 0 Å². The van der Waals surface area contributed by atoms with Crippen LogP contribution in [0.1, 0.15) is 43.7 Å². The molecule has 2 aromatic rings. The van der Waals surface area contributed by atoms with Crippen molar-refractivity contribution in [3.8, 4) is 0 Å². The van der Waals surface area contributed by atoms with Crippen LogP contribution in [0.2, 0.25) is 5.02 Å².